The van der Waals surface area contributed by atoms with E-state index in [4.69, 9.17) is 5.11 Å². The topological polar surface area (TPSA) is 63.1 Å². The molecular formula is C9H12N2O2S2. The third-order valence-corrected chi connectivity index (χ3v) is 3.66. The van der Waals surface area contributed by atoms with Crippen LogP contribution in [0.3, 0.4) is 0 Å². The molecule has 0 fully saturated rings. The summed E-state index contributed by atoms with van der Waals surface area (Å²) in [6.07, 6.45) is 3.96. The van der Waals surface area contributed by atoms with Crippen LogP contribution in [0.2, 0.25) is 0 Å². The molecule has 1 aromatic rings. The van der Waals surface area contributed by atoms with E-state index in [1.54, 1.807) is 6.07 Å². The van der Waals surface area contributed by atoms with Crippen LogP contribution in [-0.4, -0.2) is 32.5 Å². The van der Waals surface area contributed by atoms with Gasteiger partial charge in [-0.1, -0.05) is 18.7 Å². The lowest BCUT2D eigenvalue weighted by molar-refractivity contribution is -0.136. The highest BCUT2D eigenvalue weighted by atomic mass is 32.2. The number of carbonyl (C=O) groups is 1. The first-order chi connectivity index (χ1) is 7.17. The largest absolute Gasteiger partial charge is 0.480 e. The lowest BCUT2D eigenvalue weighted by atomic mass is 10.3. The minimum atomic E-state index is -0.799. The maximum Gasteiger partial charge on any atom is 0.317 e. The molecule has 0 aromatic carbocycles. The molecule has 6 heteroatoms. The Morgan fingerprint density at radius 2 is 2.20 bits per heavy atom. The molecule has 1 N–H and O–H groups in total. The number of carboxylic acid groups (broad SMARTS) is 1. The van der Waals surface area contributed by atoms with Crippen LogP contribution < -0.4 is 0 Å². The number of aromatic nitrogens is 2. The van der Waals surface area contributed by atoms with Gasteiger partial charge in [0, 0.05) is 6.07 Å². The number of carboxylic acids is 1. The third kappa shape index (κ3) is 3.71. The molecule has 4 nitrogen and oxygen atoms in total. The highest BCUT2D eigenvalue weighted by Gasteiger charge is 2.17. The summed E-state index contributed by atoms with van der Waals surface area (Å²) in [5.74, 6) is -0.799. The summed E-state index contributed by atoms with van der Waals surface area (Å²) in [6, 6.07) is 1.81. The molecular weight excluding hydrogens is 232 g/mol. The van der Waals surface area contributed by atoms with E-state index in [0.29, 0.717) is 11.4 Å². The third-order valence-electron chi connectivity index (χ3n) is 1.74. The Morgan fingerprint density at radius 1 is 1.53 bits per heavy atom. The molecule has 0 aliphatic heterocycles. The Bertz CT molecular complexity index is 347. The van der Waals surface area contributed by atoms with Gasteiger partial charge >= 0.3 is 5.97 Å². The van der Waals surface area contributed by atoms with Crippen molar-refractivity contribution in [2.24, 2.45) is 0 Å². The maximum absolute atomic E-state index is 10.8. The lowest BCUT2D eigenvalue weighted by Crippen LogP contribution is -2.14. The molecule has 1 rings (SSSR count). The van der Waals surface area contributed by atoms with Crippen LogP contribution >= 0.6 is 23.5 Å². The highest BCUT2D eigenvalue weighted by molar-refractivity contribution is 8.00. The van der Waals surface area contributed by atoms with Crippen LogP contribution in [0.15, 0.2) is 22.4 Å². The van der Waals surface area contributed by atoms with E-state index in [-0.39, 0.29) is 0 Å². The zero-order valence-corrected chi connectivity index (χ0v) is 10.1. The maximum atomic E-state index is 10.8. The predicted octanol–water partition coefficient (Wildman–Crippen LogP) is 2.15. The molecule has 0 aliphatic rings. The molecule has 1 atom stereocenters. The first-order valence-corrected chi connectivity index (χ1v) is 6.53. The fourth-order valence-corrected chi connectivity index (χ4v) is 2.26. The second-order valence-electron chi connectivity index (χ2n) is 2.75. The van der Waals surface area contributed by atoms with Crippen molar-refractivity contribution in [3.63, 3.8) is 0 Å². The average molecular weight is 244 g/mol. The minimum absolute atomic E-state index is 0.436. The molecule has 15 heavy (non-hydrogen) atoms. The van der Waals surface area contributed by atoms with Gasteiger partial charge in [-0.15, -0.1) is 11.8 Å². The number of aliphatic carboxylic acids is 1. The molecule has 0 bridgehead atoms. The van der Waals surface area contributed by atoms with Crippen molar-refractivity contribution in [3.05, 3.63) is 12.4 Å². The second-order valence-corrected chi connectivity index (χ2v) is 4.80. The molecule has 0 aliphatic carbocycles. The van der Waals surface area contributed by atoms with E-state index in [2.05, 4.69) is 9.97 Å². The molecule has 82 valence electrons. The molecule has 0 radical (unpaired) electrons. The van der Waals surface area contributed by atoms with Gasteiger partial charge in [-0.3, -0.25) is 4.79 Å². The lowest BCUT2D eigenvalue weighted by Gasteiger charge is -2.08. The summed E-state index contributed by atoms with van der Waals surface area (Å²) in [5, 5.41) is 10.0. The van der Waals surface area contributed by atoms with Crippen LogP contribution in [-0.2, 0) is 4.79 Å². The predicted molar refractivity (Wildman–Crippen MR) is 61.4 cm³/mol. The standard InChI is InChI=1S/C9H12N2O2S2/c1-3-6(9(12)13)15-8-4-7(14-2)10-5-11-8/h4-6H,3H2,1-2H3,(H,12,13). The highest BCUT2D eigenvalue weighted by Crippen LogP contribution is 2.25. The van der Waals surface area contributed by atoms with Crippen molar-refractivity contribution in [3.8, 4) is 0 Å². The van der Waals surface area contributed by atoms with Crippen molar-refractivity contribution in [1.82, 2.24) is 9.97 Å². The van der Waals surface area contributed by atoms with E-state index < -0.39 is 11.2 Å². The molecule has 0 amide bonds. The van der Waals surface area contributed by atoms with Crippen molar-refractivity contribution >= 4 is 29.5 Å². The summed E-state index contributed by atoms with van der Waals surface area (Å²) in [5.41, 5.74) is 0. The van der Waals surface area contributed by atoms with E-state index in [9.17, 15) is 4.79 Å². The Hall–Kier alpha value is -0.750. The van der Waals surface area contributed by atoms with E-state index in [0.717, 1.165) is 5.03 Å². The zero-order chi connectivity index (χ0) is 11.3. The number of thioether (sulfide) groups is 2. The van der Waals surface area contributed by atoms with Crippen LogP contribution in [0.25, 0.3) is 0 Å². The van der Waals surface area contributed by atoms with Crippen LogP contribution in [0, 0.1) is 0 Å². The number of nitrogens with zero attached hydrogens (tertiary/aromatic N) is 2. The number of rotatable bonds is 5. The first kappa shape index (κ1) is 12.3. The van der Waals surface area contributed by atoms with E-state index in [1.807, 2.05) is 13.2 Å². The van der Waals surface area contributed by atoms with E-state index >= 15 is 0 Å². The van der Waals surface area contributed by atoms with Gasteiger partial charge in [0.25, 0.3) is 0 Å². The molecule has 1 unspecified atom stereocenters. The smallest absolute Gasteiger partial charge is 0.317 e. The fraction of sp³-hybridized carbons (Fsp3) is 0.444. The van der Waals surface area contributed by atoms with Gasteiger partial charge in [0.1, 0.15) is 21.6 Å². The van der Waals surface area contributed by atoms with Gasteiger partial charge in [-0.25, -0.2) is 9.97 Å². The fourth-order valence-electron chi connectivity index (χ4n) is 0.953. The average Bonchev–Trinajstić information content (AvgIpc) is 2.25. The summed E-state index contributed by atoms with van der Waals surface area (Å²) in [7, 11) is 0. The molecule has 1 aromatic heterocycles. The van der Waals surface area contributed by atoms with Crippen LogP contribution in [0.1, 0.15) is 13.3 Å². The molecule has 1 heterocycles. The van der Waals surface area contributed by atoms with Gasteiger partial charge in [-0.05, 0) is 12.7 Å². The molecule has 0 saturated carbocycles. The van der Waals surface area contributed by atoms with E-state index in [1.165, 1.54) is 29.9 Å². The minimum Gasteiger partial charge on any atom is -0.480 e. The van der Waals surface area contributed by atoms with Crippen LogP contribution in [0.5, 0.6) is 0 Å². The van der Waals surface area contributed by atoms with Gasteiger partial charge in [0.05, 0.1) is 0 Å². The normalized spacial score (nSPS) is 12.4. The quantitative estimate of drug-likeness (QED) is 0.632. The van der Waals surface area contributed by atoms with Gasteiger partial charge < -0.3 is 5.11 Å². The van der Waals surface area contributed by atoms with Gasteiger partial charge in [0.15, 0.2) is 0 Å². The first-order valence-electron chi connectivity index (χ1n) is 4.42. The summed E-state index contributed by atoms with van der Waals surface area (Å²) in [4.78, 5) is 18.9. The van der Waals surface area contributed by atoms with Crippen molar-refractivity contribution in [2.45, 2.75) is 28.6 Å². The van der Waals surface area contributed by atoms with Crippen molar-refractivity contribution < 1.29 is 9.90 Å². The van der Waals surface area contributed by atoms with Crippen LogP contribution in [0.4, 0.5) is 0 Å². The molecule has 0 spiro atoms. The summed E-state index contributed by atoms with van der Waals surface area (Å²) >= 11 is 2.78. The Balaban J connectivity index is 2.74. The SMILES string of the molecule is CCC(Sc1cc(SC)ncn1)C(=O)O. The Labute approximate surface area is 96.9 Å². The number of hydrogen-bond acceptors (Lipinski definition) is 5. The Kier molecular flexibility index (Phi) is 4.90. The van der Waals surface area contributed by atoms with Crippen molar-refractivity contribution in [1.29, 1.82) is 0 Å². The Morgan fingerprint density at radius 3 is 2.73 bits per heavy atom. The summed E-state index contributed by atoms with van der Waals surface area (Å²) in [6.45, 7) is 1.85. The monoisotopic (exact) mass is 244 g/mol. The number of hydrogen-bond donors (Lipinski definition) is 1. The molecule has 0 saturated heterocycles. The van der Waals surface area contributed by atoms with Gasteiger partial charge in [0.2, 0.25) is 0 Å². The van der Waals surface area contributed by atoms with Crippen molar-refractivity contribution in [2.75, 3.05) is 6.26 Å². The summed E-state index contributed by atoms with van der Waals surface area (Å²) < 4.78 is 0. The second kappa shape index (κ2) is 5.97. The zero-order valence-electron chi connectivity index (χ0n) is 8.51. The van der Waals surface area contributed by atoms with Gasteiger partial charge in [-0.2, -0.15) is 0 Å².